The van der Waals surface area contributed by atoms with Crippen molar-refractivity contribution in [3.8, 4) is 22.8 Å². The number of ether oxygens (including phenoxy) is 3. The molecule has 0 unspecified atom stereocenters. The molecule has 0 spiro atoms. The van der Waals surface area contributed by atoms with Gasteiger partial charge in [-0.3, -0.25) is 4.79 Å². The number of carboxylic acids is 1. The molecule has 0 atom stereocenters. The van der Waals surface area contributed by atoms with Crippen LogP contribution in [-0.2, 0) is 14.9 Å². The number of aromatic nitrogens is 1. The van der Waals surface area contributed by atoms with Crippen LogP contribution in [0.3, 0.4) is 0 Å². The Morgan fingerprint density at radius 2 is 1.74 bits per heavy atom. The molecule has 2 aliphatic rings. The van der Waals surface area contributed by atoms with Crippen molar-refractivity contribution in [1.29, 1.82) is 0 Å². The Hall–Kier alpha value is -4.54. The van der Waals surface area contributed by atoms with Crippen LogP contribution in [0.2, 0.25) is 0 Å². The van der Waals surface area contributed by atoms with Crippen LogP contribution in [0.25, 0.3) is 11.3 Å². The molecule has 3 aromatic rings. The third-order valence-electron chi connectivity index (χ3n) is 6.28. The molecule has 2 aromatic carbocycles. The predicted octanol–water partition coefficient (Wildman–Crippen LogP) is 5.64. The van der Waals surface area contributed by atoms with Gasteiger partial charge in [0, 0.05) is 6.99 Å². The third-order valence-corrected chi connectivity index (χ3v) is 6.28. The lowest BCUT2D eigenvalue weighted by Crippen LogP contribution is -2.28. The molecule has 1 aliphatic heterocycles. The number of rotatable bonds is 6. The molecule has 9 nitrogen and oxygen atoms in total. The van der Waals surface area contributed by atoms with Gasteiger partial charge in [0.25, 0.3) is 0 Å². The van der Waals surface area contributed by atoms with Gasteiger partial charge in [-0.05, 0) is 75.6 Å². The number of anilines is 1. The number of hydrogen-bond acceptors (Lipinski definition) is 7. The number of benzene rings is 2. The van der Waals surface area contributed by atoms with E-state index < -0.39 is 35.2 Å². The number of hydrogen-bond donors (Lipinski definition) is 2. The van der Waals surface area contributed by atoms with Gasteiger partial charge >= 0.3 is 18.2 Å². The van der Waals surface area contributed by atoms with Crippen molar-refractivity contribution >= 4 is 23.7 Å². The van der Waals surface area contributed by atoms with Crippen LogP contribution >= 0.6 is 0 Å². The minimum atomic E-state index is -3.77. The zero-order valence-electron chi connectivity index (χ0n) is 21.2. The fourth-order valence-corrected chi connectivity index (χ4v) is 4.31. The molecule has 1 saturated carbocycles. The van der Waals surface area contributed by atoms with Crippen molar-refractivity contribution < 1.29 is 43.9 Å². The van der Waals surface area contributed by atoms with Gasteiger partial charge in [-0.25, -0.2) is 14.6 Å². The number of carbonyl (C=O) groups excluding carboxylic acids is 2. The highest BCUT2D eigenvalue weighted by molar-refractivity contribution is 6.02. The minimum Gasteiger partial charge on any atom is -0.478 e. The first-order valence-corrected chi connectivity index (χ1v) is 12.1. The van der Waals surface area contributed by atoms with Gasteiger partial charge in [0.2, 0.25) is 5.91 Å². The molecule has 1 amide bonds. The first-order valence-electron chi connectivity index (χ1n) is 12.1. The molecule has 0 bridgehead atoms. The van der Waals surface area contributed by atoms with Crippen molar-refractivity contribution in [3.63, 3.8) is 0 Å². The van der Waals surface area contributed by atoms with Crippen LogP contribution in [-0.4, -0.2) is 39.8 Å². The van der Waals surface area contributed by atoms with Crippen LogP contribution in [0, 0.1) is 0 Å². The summed E-state index contributed by atoms with van der Waals surface area (Å²) in [6, 6.07) is 13.1. The zero-order chi connectivity index (χ0) is 28.2. The molecule has 2 N–H and O–H groups in total. The van der Waals surface area contributed by atoms with Gasteiger partial charge in [0.15, 0.2) is 11.5 Å². The van der Waals surface area contributed by atoms with Gasteiger partial charge < -0.3 is 24.6 Å². The second-order valence-corrected chi connectivity index (χ2v) is 10.3. The highest BCUT2D eigenvalue weighted by Gasteiger charge is 2.53. The van der Waals surface area contributed by atoms with Crippen LogP contribution in [0.15, 0.2) is 54.6 Å². The van der Waals surface area contributed by atoms with E-state index in [1.807, 2.05) is 0 Å². The van der Waals surface area contributed by atoms with Crippen LogP contribution < -0.4 is 14.8 Å². The molecular weight excluding hydrogens is 514 g/mol. The summed E-state index contributed by atoms with van der Waals surface area (Å²) in [7, 11) is 0. The average Bonchev–Trinajstić information content (AvgIpc) is 3.60. The van der Waals surface area contributed by atoms with E-state index in [0.29, 0.717) is 24.0 Å². The molecule has 1 aromatic heterocycles. The number of carbonyl (C=O) groups is 3. The monoisotopic (exact) mass is 540 g/mol. The fourth-order valence-electron chi connectivity index (χ4n) is 4.31. The average molecular weight is 541 g/mol. The lowest BCUT2D eigenvalue weighted by atomic mass is 9.94. The Balaban J connectivity index is 0.00000370. The summed E-state index contributed by atoms with van der Waals surface area (Å²) in [6.07, 6.45) is -2.84. The Kier molecular flexibility index (Phi) is 6.04. The Labute approximate surface area is 223 Å². The topological polar surface area (TPSA) is 124 Å². The van der Waals surface area contributed by atoms with Crippen molar-refractivity contribution in [2.75, 3.05) is 5.32 Å². The van der Waals surface area contributed by atoms with Crippen LogP contribution in [0.1, 0.15) is 61.3 Å². The fraction of sp³-hybridized carbons (Fsp3) is 0.286. The molecule has 0 radical (unpaired) electrons. The maximum atomic E-state index is 13.4. The summed E-state index contributed by atoms with van der Waals surface area (Å²) in [5.74, 6) is -2.45. The lowest BCUT2D eigenvalue weighted by molar-refractivity contribution is -0.286. The van der Waals surface area contributed by atoms with E-state index in [1.54, 1.807) is 39.0 Å². The van der Waals surface area contributed by atoms with Gasteiger partial charge in [0.1, 0.15) is 11.4 Å². The number of carboxylic acid groups (broad SMARTS) is 1. The number of pyridine rings is 1. The van der Waals surface area contributed by atoms with Crippen LogP contribution in [0.4, 0.5) is 14.6 Å². The predicted molar refractivity (Wildman–Crippen MR) is 136 cm³/mol. The van der Waals surface area contributed by atoms with Crippen molar-refractivity contribution in [2.24, 2.45) is 0 Å². The highest BCUT2D eigenvalue weighted by atomic mass is 19.3. The van der Waals surface area contributed by atoms with Crippen molar-refractivity contribution in [3.05, 3.63) is 71.3 Å². The van der Waals surface area contributed by atoms with E-state index in [1.165, 1.54) is 36.4 Å². The van der Waals surface area contributed by atoms with E-state index in [2.05, 4.69) is 19.8 Å². The second kappa shape index (κ2) is 9.04. The SMILES string of the molecule is CC(C)(C)OC(=O)c1cccc(-c2nc(NC(=O)C3(c4ccc5c(c4)OC(F)(F)O5)CC3)ccc2C(=O)O)c1.[HH]. The molecular formula is C28H26F2N2O7. The summed E-state index contributed by atoms with van der Waals surface area (Å²) in [4.78, 5) is 42.2. The van der Waals surface area contributed by atoms with Gasteiger partial charge in [0.05, 0.1) is 22.2 Å². The summed E-state index contributed by atoms with van der Waals surface area (Å²) in [6.45, 7) is 5.20. The van der Waals surface area contributed by atoms with E-state index in [-0.39, 0.29) is 35.6 Å². The first-order chi connectivity index (χ1) is 18.3. The quantitative estimate of drug-likeness (QED) is 0.385. The van der Waals surface area contributed by atoms with E-state index in [0.717, 1.165) is 0 Å². The molecule has 1 aliphatic carbocycles. The van der Waals surface area contributed by atoms with Gasteiger partial charge in [-0.1, -0.05) is 18.2 Å². The number of fused-ring (bicyclic) bond motifs is 1. The summed E-state index contributed by atoms with van der Waals surface area (Å²) < 4.78 is 41.2. The number of nitrogens with one attached hydrogen (secondary N) is 1. The first kappa shape index (κ1) is 26.1. The summed E-state index contributed by atoms with van der Waals surface area (Å²) in [5.41, 5.74) is -0.773. The number of amides is 1. The number of esters is 1. The van der Waals surface area contributed by atoms with Gasteiger partial charge in [-0.15, -0.1) is 8.78 Å². The smallest absolute Gasteiger partial charge is 0.478 e. The van der Waals surface area contributed by atoms with Gasteiger partial charge in [-0.2, -0.15) is 0 Å². The summed E-state index contributed by atoms with van der Waals surface area (Å²) >= 11 is 0. The Morgan fingerprint density at radius 3 is 2.41 bits per heavy atom. The van der Waals surface area contributed by atoms with E-state index >= 15 is 0 Å². The highest BCUT2D eigenvalue weighted by Crippen LogP contribution is 2.52. The maximum absolute atomic E-state index is 13.4. The molecule has 0 saturated heterocycles. The van der Waals surface area contributed by atoms with Crippen molar-refractivity contribution in [1.82, 2.24) is 4.98 Å². The number of alkyl halides is 2. The largest absolute Gasteiger partial charge is 0.586 e. The summed E-state index contributed by atoms with van der Waals surface area (Å²) in [5, 5.41) is 12.5. The molecule has 2 heterocycles. The van der Waals surface area contributed by atoms with Crippen LogP contribution in [0.5, 0.6) is 11.5 Å². The third kappa shape index (κ3) is 5.25. The number of halogens is 2. The standard InChI is InChI=1S/C28H24F2N2O7.H2/c1-26(2,3)39-24(35)16-6-4-5-15(13-16)22-18(23(33)34)8-10-21(31-22)32-25(36)27(11-12-27)17-7-9-19-20(14-17)38-28(29,30)37-19;/h4-10,13-14H,11-12H2,1-3H3,(H,33,34)(H,31,32,36);1H. The normalized spacial score (nSPS) is 16.3. The maximum Gasteiger partial charge on any atom is 0.586 e. The lowest BCUT2D eigenvalue weighted by Gasteiger charge is -2.19. The molecule has 11 heteroatoms. The Morgan fingerprint density at radius 1 is 1.03 bits per heavy atom. The molecule has 204 valence electrons. The van der Waals surface area contributed by atoms with Crippen molar-refractivity contribution in [2.45, 2.75) is 50.9 Å². The van der Waals surface area contributed by atoms with E-state index in [9.17, 15) is 28.3 Å². The molecule has 5 rings (SSSR count). The minimum absolute atomic E-state index is 0. The Bertz CT molecular complexity index is 1520. The number of nitrogens with zero attached hydrogens (tertiary/aromatic N) is 1. The molecule has 1 fully saturated rings. The molecule has 39 heavy (non-hydrogen) atoms. The zero-order valence-corrected chi connectivity index (χ0v) is 21.2. The van der Waals surface area contributed by atoms with E-state index in [4.69, 9.17) is 4.74 Å². The second-order valence-electron chi connectivity index (χ2n) is 10.3. The number of aromatic carboxylic acids is 1.